The third-order valence-electron chi connectivity index (χ3n) is 2.33. The molecule has 0 saturated carbocycles. The van der Waals surface area contributed by atoms with Gasteiger partial charge in [0.15, 0.2) is 0 Å². The van der Waals surface area contributed by atoms with Gasteiger partial charge in [0, 0.05) is 18.7 Å². The van der Waals surface area contributed by atoms with Gasteiger partial charge in [0.2, 0.25) is 0 Å². The Morgan fingerprint density at radius 3 is 2.67 bits per heavy atom. The first-order chi connectivity index (χ1) is 7.10. The molecule has 0 spiro atoms. The summed E-state index contributed by atoms with van der Waals surface area (Å²) in [5, 5.41) is 7.31. The zero-order valence-corrected chi connectivity index (χ0v) is 9.87. The monoisotopic (exact) mass is 209 g/mol. The van der Waals surface area contributed by atoms with Crippen molar-refractivity contribution in [1.82, 2.24) is 15.1 Å². The first-order valence-corrected chi connectivity index (χ1v) is 5.35. The highest BCUT2D eigenvalue weighted by Crippen LogP contribution is 2.10. The largest absolute Gasteiger partial charge is 0.315 e. The van der Waals surface area contributed by atoms with Crippen molar-refractivity contribution in [2.45, 2.75) is 39.8 Å². The zero-order chi connectivity index (χ0) is 11.4. The van der Waals surface area contributed by atoms with Gasteiger partial charge in [-0.1, -0.05) is 13.8 Å². The molecule has 0 unspecified atom stereocenters. The Kier molecular flexibility index (Phi) is 4.03. The Balaban J connectivity index is 3.25. The molecule has 0 amide bonds. The number of aromatic nitrogens is 2. The van der Waals surface area contributed by atoms with Crippen LogP contribution in [0.1, 0.15) is 37.9 Å². The quantitative estimate of drug-likeness (QED) is 0.808. The molecule has 1 heterocycles. The Bertz CT molecular complexity index is 382. The molecule has 0 aliphatic carbocycles. The molecule has 4 nitrogen and oxygen atoms in total. The van der Waals surface area contributed by atoms with Gasteiger partial charge in [0.25, 0.3) is 5.56 Å². The van der Waals surface area contributed by atoms with Crippen molar-refractivity contribution in [3.8, 4) is 0 Å². The predicted molar refractivity (Wildman–Crippen MR) is 61.0 cm³/mol. The van der Waals surface area contributed by atoms with Crippen LogP contribution in [0.3, 0.4) is 0 Å². The van der Waals surface area contributed by atoms with Gasteiger partial charge in [-0.15, -0.1) is 0 Å². The van der Waals surface area contributed by atoms with Crippen LogP contribution < -0.4 is 10.9 Å². The minimum atomic E-state index is 0.0104. The highest BCUT2D eigenvalue weighted by Gasteiger charge is 2.08. The molecule has 1 rings (SSSR count). The Labute approximate surface area is 90.3 Å². The maximum atomic E-state index is 11.8. The third-order valence-corrected chi connectivity index (χ3v) is 2.33. The number of nitrogens with zero attached hydrogens (tertiary/aromatic N) is 2. The summed E-state index contributed by atoms with van der Waals surface area (Å²) in [4.78, 5) is 11.8. The predicted octanol–water partition coefficient (Wildman–Crippen LogP) is 1.11. The molecular weight excluding hydrogens is 190 g/mol. The molecule has 84 valence electrons. The standard InChI is InChI=1S/C11H19N3O/c1-5-14-11(15)9(7-12-4)6-10(13-14)8(2)3/h6,8,12H,5,7H2,1-4H3. The lowest BCUT2D eigenvalue weighted by Gasteiger charge is -2.10. The van der Waals surface area contributed by atoms with Crippen LogP contribution >= 0.6 is 0 Å². The molecule has 0 aliphatic heterocycles. The lowest BCUT2D eigenvalue weighted by molar-refractivity contribution is 0.573. The normalized spacial score (nSPS) is 11.0. The molecule has 1 aromatic rings. The van der Waals surface area contributed by atoms with Gasteiger partial charge in [0.1, 0.15) is 0 Å². The number of aryl methyl sites for hydroxylation is 1. The number of hydrogen-bond donors (Lipinski definition) is 1. The van der Waals surface area contributed by atoms with Gasteiger partial charge < -0.3 is 5.32 Å². The van der Waals surface area contributed by atoms with E-state index < -0.39 is 0 Å². The van der Waals surface area contributed by atoms with E-state index in [4.69, 9.17) is 0 Å². The number of rotatable bonds is 4. The van der Waals surface area contributed by atoms with Crippen LogP contribution in [0.25, 0.3) is 0 Å². The first-order valence-electron chi connectivity index (χ1n) is 5.35. The van der Waals surface area contributed by atoms with Crippen molar-refractivity contribution in [2.75, 3.05) is 7.05 Å². The van der Waals surface area contributed by atoms with E-state index in [1.165, 1.54) is 4.68 Å². The molecule has 0 radical (unpaired) electrons. The lowest BCUT2D eigenvalue weighted by atomic mass is 10.1. The van der Waals surface area contributed by atoms with Crippen molar-refractivity contribution in [1.29, 1.82) is 0 Å². The summed E-state index contributed by atoms with van der Waals surface area (Å²) in [7, 11) is 1.84. The summed E-state index contributed by atoms with van der Waals surface area (Å²) < 4.78 is 1.53. The summed E-state index contributed by atoms with van der Waals surface area (Å²) in [6.45, 7) is 7.31. The summed E-state index contributed by atoms with van der Waals surface area (Å²) in [6, 6.07) is 1.90. The van der Waals surface area contributed by atoms with Gasteiger partial charge in [-0.3, -0.25) is 4.79 Å². The summed E-state index contributed by atoms with van der Waals surface area (Å²) in [5.41, 5.74) is 1.77. The molecule has 0 aromatic carbocycles. The van der Waals surface area contributed by atoms with Crippen molar-refractivity contribution in [3.05, 3.63) is 27.7 Å². The zero-order valence-electron chi connectivity index (χ0n) is 9.87. The third kappa shape index (κ3) is 2.65. The molecular formula is C11H19N3O. The van der Waals surface area contributed by atoms with Gasteiger partial charge >= 0.3 is 0 Å². The van der Waals surface area contributed by atoms with Gasteiger partial charge in [-0.05, 0) is 26.0 Å². The van der Waals surface area contributed by atoms with Gasteiger partial charge in [-0.25, -0.2) is 4.68 Å². The second-order valence-corrected chi connectivity index (χ2v) is 3.90. The smallest absolute Gasteiger partial charge is 0.271 e. The highest BCUT2D eigenvalue weighted by molar-refractivity contribution is 5.15. The summed E-state index contributed by atoms with van der Waals surface area (Å²) in [5.74, 6) is 0.346. The van der Waals surface area contributed by atoms with Crippen LogP contribution in [-0.4, -0.2) is 16.8 Å². The summed E-state index contributed by atoms with van der Waals surface area (Å²) >= 11 is 0. The molecule has 0 saturated heterocycles. The van der Waals surface area contributed by atoms with Crippen LogP contribution in [-0.2, 0) is 13.1 Å². The highest BCUT2D eigenvalue weighted by atomic mass is 16.1. The maximum absolute atomic E-state index is 11.8. The second-order valence-electron chi connectivity index (χ2n) is 3.90. The molecule has 0 bridgehead atoms. The van der Waals surface area contributed by atoms with E-state index in [1.54, 1.807) is 0 Å². The van der Waals surface area contributed by atoms with Gasteiger partial charge in [0.05, 0.1) is 5.69 Å². The van der Waals surface area contributed by atoms with E-state index in [0.29, 0.717) is 19.0 Å². The van der Waals surface area contributed by atoms with Crippen LogP contribution in [0.2, 0.25) is 0 Å². The minimum Gasteiger partial charge on any atom is -0.315 e. The SMILES string of the molecule is CCn1nc(C(C)C)cc(CNC)c1=O. The number of nitrogens with one attached hydrogen (secondary N) is 1. The van der Waals surface area contributed by atoms with E-state index in [2.05, 4.69) is 24.3 Å². The molecule has 1 N–H and O–H groups in total. The van der Waals surface area contributed by atoms with E-state index in [9.17, 15) is 4.79 Å². The van der Waals surface area contributed by atoms with Crippen LogP contribution in [0.4, 0.5) is 0 Å². The van der Waals surface area contributed by atoms with Crippen LogP contribution in [0.5, 0.6) is 0 Å². The topological polar surface area (TPSA) is 46.9 Å². The van der Waals surface area contributed by atoms with Crippen molar-refractivity contribution in [3.63, 3.8) is 0 Å². The van der Waals surface area contributed by atoms with E-state index in [1.807, 2.05) is 20.0 Å². The Morgan fingerprint density at radius 1 is 1.53 bits per heavy atom. The molecule has 15 heavy (non-hydrogen) atoms. The molecule has 0 aliphatic rings. The van der Waals surface area contributed by atoms with Crippen molar-refractivity contribution < 1.29 is 0 Å². The lowest BCUT2D eigenvalue weighted by Crippen LogP contribution is -2.29. The van der Waals surface area contributed by atoms with E-state index in [0.717, 1.165) is 11.3 Å². The number of hydrogen-bond acceptors (Lipinski definition) is 3. The molecule has 4 heteroatoms. The first kappa shape index (κ1) is 11.9. The fourth-order valence-electron chi connectivity index (χ4n) is 1.43. The minimum absolute atomic E-state index is 0.0104. The molecule has 0 fully saturated rings. The molecule has 0 atom stereocenters. The Morgan fingerprint density at radius 2 is 2.20 bits per heavy atom. The summed E-state index contributed by atoms with van der Waals surface area (Å²) in [6.07, 6.45) is 0. The Hall–Kier alpha value is -1.16. The fourth-order valence-corrected chi connectivity index (χ4v) is 1.43. The molecule has 1 aromatic heterocycles. The average molecular weight is 209 g/mol. The van der Waals surface area contributed by atoms with Crippen LogP contribution in [0.15, 0.2) is 10.9 Å². The van der Waals surface area contributed by atoms with E-state index >= 15 is 0 Å². The van der Waals surface area contributed by atoms with Crippen molar-refractivity contribution >= 4 is 0 Å². The maximum Gasteiger partial charge on any atom is 0.271 e. The van der Waals surface area contributed by atoms with Crippen molar-refractivity contribution in [2.24, 2.45) is 0 Å². The van der Waals surface area contributed by atoms with E-state index in [-0.39, 0.29) is 5.56 Å². The fraction of sp³-hybridized carbons (Fsp3) is 0.636. The average Bonchev–Trinajstić information content (AvgIpc) is 2.21. The van der Waals surface area contributed by atoms with Gasteiger partial charge in [-0.2, -0.15) is 5.10 Å². The van der Waals surface area contributed by atoms with Crippen LogP contribution in [0, 0.1) is 0 Å². The second kappa shape index (κ2) is 5.07.